The number of morpholine rings is 1. The van der Waals surface area contributed by atoms with Crippen LogP contribution in [0.4, 0.5) is 5.69 Å². The molecule has 0 aromatic heterocycles. The molecule has 1 unspecified atom stereocenters. The Labute approximate surface area is 135 Å². The van der Waals surface area contributed by atoms with Crippen LogP contribution in [-0.4, -0.2) is 37.6 Å². The van der Waals surface area contributed by atoms with Gasteiger partial charge in [0.2, 0.25) is 5.91 Å². The Balaban J connectivity index is 1.99. The smallest absolute Gasteiger partial charge is 0.253 e. The molecule has 0 saturated carbocycles. The van der Waals surface area contributed by atoms with Gasteiger partial charge in [0.25, 0.3) is 5.91 Å². The van der Waals surface area contributed by atoms with E-state index in [0.29, 0.717) is 18.1 Å². The van der Waals surface area contributed by atoms with Crippen LogP contribution < -0.4 is 10.2 Å². The number of amides is 2. The van der Waals surface area contributed by atoms with Gasteiger partial charge in [-0.25, -0.2) is 0 Å². The zero-order valence-corrected chi connectivity index (χ0v) is 13.8. The monoisotopic (exact) mass is 324 g/mol. The van der Waals surface area contributed by atoms with Crippen molar-refractivity contribution in [3.63, 3.8) is 0 Å². The highest BCUT2D eigenvalue weighted by Gasteiger charge is 2.29. The Morgan fingerprint density at radius 1 is 1.45 bits per heavy atom. The molecule has 1 heterocycles. The highest BCUT2D eigenvalue weighted by Crippen LogP contribution is 2.22. The largest absolute Gasteiger partial charge is 0.365 e. The molecule has 5 nitrogen and oxygen atoms in total. The summed E-state index contributed by atoms with van der Waals surface area (Å²) in [6, 6.07) is 7.14. The molecule has 1 saturated heterocycles. The molecule has 22 heavy (non-hydrogen) atoms. The van der Waals surface area contributed by atoms with Crippen molar-refractivity contribution in [3.8, 4) is 0 Å². The third-order valence-corrected chi connectivity index (χ3v) is 3.66. The Hall–Kier alpha value is -1.59. The van der Waals surface area contributed by atoms with E-state index in [1.165, 1.54) is 0 Å². The van der Waals surface area contributed by atoms with E-state index in [1.807, 2.05) is 26.8 Å². The van der Waals surface area contributed by atoms with E-state index in [4.69, 9.17) is 16.3 Å². The van der Waals surface area contributed by atoms with Crippen LogP contribution in [0.3, 0.4) is 0 Å². The standard InChI is InChI=1S/C16H21ClN2O3/c1-16(2,3)15(21)18-8-13-9-19(14(20)10-22-13)12-6-4-5-11(17)7-12/h4-7,13H,8-10H2,1-3H3,(H,18,21). The SMILES string of the molecule is CC(C)(C)C(=O)NCC1CN(c2cccc(Cl)c2)C(=O)CO1. The summed E-state index contributed by atoms with van der Waals surface area (Å²) < 4.78 is 5.50. The molecule has 120 valence electrons. The first-order valence-electron chi connectivity index (χ1n) is 7.23. The van der Waals surface area contributed by atoms with Gasteiger partial charge in [0.05, 0.1) is 12.6 Å². The zero-order valence-electron chi connectivity index (χ0n) is 13.1. The van der Waals surface area contributed by atoms with Crippen LogP contribution in [0.15, 0.2) is 24.3 Å². The predicted molar refractivity (Wildman–Crippen MR) is 86.0 cm³/mol. The van der Waals surface area contributed by atoms with Gasteiger partial charge in [-0.2, -0.15) is 0 Å². The lowest BCUT2D eigenvalue weighted by Gasteiger charge is -2.33. The molecule has 2 amide bonds. The summed E-state index contributed by atoms with van der Waals surface area (Å²) in [4.78, 5) is 25.6. The van der Waals surface area contributed by atoms with Crippen molar-refractivity contribution in [2.24, 2.45) is 5.41 Å². The van der Waals surface area contributed by atoms with E-state index in [1.54, 1.807) is 23.1 Å². The molecule has 1 aliphatic rings. The van der Waals surface area contributed by atoms with Crippen LogP contribution in [0.25, 0.3) is 0 Å². The summed E-state index contributed by atoms with van der Waals surface area (Å²) in [5.41, 5.74) is 0.296. The Bertz CT molecular complexity index is 569. The first-order valence-corrected chi connectivity index (χ1v) is 7.61. The second-order valence-electron chi connectivity index (χ2n) is 6.38. The van der Waals surface area contributed by atoms with Gasteiger partial charge in [0.1, 0.15) is 6.61 Å². The molecular weight excluding hydrogens is 304 g/mol. The maximum absolute atomic E-state index is 12.0. The maximum Gasteiger partial charge on any atom is 0.253 e. The number of ether oxygens (including phenoxy) is 1. The lowest BCUT2D eigenvalue weighted by molar-refractivity contribution is -0.131. The summed E-state index contributed by atoms with van der Waals surface area (Å²) in [5.74, 6) is -0.150. The molecule has 1 fully saturated rings. The third-order valence-electron chi connectivity index (χ3n) is 3.42. The minimum absolute atomic E-state index is 0.00255. The molecule has 2 rings (SSSR count). The van der Waals surface area contributed by atoms with E-state index in [-0.39, 0.29) is 24.5 Å². The minimum atomic E-state index is -0.447. The summed E-state index contributed by atoms with van der Waals surface area (Å²) >= 11 is 5.97. The van der Waals surface area contributed by atoms with E-state index in [9.17, 15) is 9.59 Å². The van der Waals surface area contributed by atoms with Crippen LogP contribution in [-0.2, 0) is 14.3 Å². The average molecular weight is 325 g/mol. The molecule has 0 spiro atoms. The van der Waals surface area contributed by atoms with Crippen molar-refractivity contribution in [1.29, 1.82) is 0 Å². The molecule has 1 atom stereocenters. The van der Waals surface area contributed by atoms with Crippen molar-refractivity contribution in [2.75, 3.05) is 24.6 Å². The van der Waals surface area contributed by atoms with Crippen LogP contribution in [0, 0.1) is 5.41 Å². The molecule has 1 aromatic carbocycles. The highest BCUT2D eigenvalue weighted by molar-refractivity contribution is 6.30. The van der Waals surface area contributed by atoms with E-state index >= 15 is 0 Å². The van der Waals surface area contributed by atoms with Crippen molar-refractivity contribution < 1.29 is 14.3 Å². The summed E-state index contributed by atoms with van der Waals surface area (Å²) in [6.45, 7) is 6.33. The van der Waals surface area contributed by atoms with Crippen LogP contribution in [0.5, 0.6) is 0 Å². The molecule has 1 N–H and O–H groups in total. The highest BCUT2D eigenvalue weighted by atomic mass is 35.5. The summed E-state index contributed by atoms with van der Waals surface area (Å²) in [6.07, 6.45) is -0.233. The Morgan fingerprint density at radius 2 is 2.18 bits per heavy atom. The zero-order chi connectivity index (χ0) is 16.3. The minimum Gasteiger partial charge on any atom is -0.365 e. The van der Waals surface area contributed by atoms with Gasteiger partial charge >= 0.3 is 0 Å². The number of halogens is 1. The Morgan fingerprint density at radius 3 is 2.82 bits per heavy atom. The third kappa shape index (κ3) is 4.21. The van der Waals surface area contributed by atoms with Crippen molar-refractivity contribution in [3.05, 3.63) is 29.3 Å². The number of carbonyl (C=O) groups excluding carboxylic acids is 2. The summed E-state index contributed by atoms with van der Waals surface area (Å²) in [5, 5.41) is 3.44. The number of benzene rings is 1. The predicted octanol–water partition coefficient (Wildman–Crippen LogP) is 2.23. The van der Waals surface area contributed by atoms with Gasteiger partial charge in [-0.1, -0.05) is 38.4 Å². The van der Waals surface area contributed by atoms with E-state index in [2.05, 4.69) is 5.32 Å². The lowest BCUT2D eigenvalue weighted by atomic mass is 9.95. The number of rotatable bonds is 3. The number of anilines is 1. The van der Waals surface area contributed by atoms with Crippen molar-refractivity contribution in [1.82, 2.24) is 5.32 Å². The van der Waals surface area contributed by atoms with Gasteiger partial charge in [-0.05, 0) is 18.2 Å². The van der Waals surface area contributed by atoms with Crippen LogP contribution >= 0.6 is 11.6 Å². The molecule has 0 aliphatic carbocycles. The van der Waals surface area contributed by atoms with Gasteiger partial charge in [-0.15, -0.1) is 0 Å². The average Bonchev–Trinajstić information content (AvgIpc) is 2.45. The molecular formula is C16H21ClN2O3. The van der Waals surface area contributed by atoms with Crippen molar-refractivity contribution >= 4 is 29.1 Å². The fraction of sp³-hybridized carbons (Fsp3) is 0.500. The van der Waals surface area contributed by atoms with Crippen LogP contribution in [0.2, 0.25) is 5.02 Å². The number of hydrogen-bond donors (Lipinski definition) is 1. The molecule has 0 bridgehead atoms. The molecule has 6 heteroatoms. The maximum atomic E-state index is 12.0. The van der Waals surface area contributed by atoms with Gasteiger partial charge in [0.15, 0.2) is 0 Å². The number of nitrogens with zero attached hydrogens (tertiary/aromatic N) is 1. The Kier molecular flexibility index (Phi) is 5.08. The van der Waals surface area contributed by atoms with Gasteiger partial charge in [0, 0.05) is 22.7 Å². The number of carbonyl (C=O) groups is 2. The summed E-state index contributed by atoms with van der Waals surface area (Å²) in [7, 11) is 0. The normalized spacial score (nSPS) is 19.2. The quantitative estimate of drug-likeness (QED) is 0.927. The van der Waals surface area contributed by atoms with Crippen molar-refractivity contribution in [2.45, 2.75) is 26.9 Å². The molecule has 1 aliphatic heterocycles. The first kappa shape index (κ1) is 16.8. The number of hydrogen-bond acceptors (Lipinski definition) is 3. The fourth-order valence-corrected chi connectivity index (χ4v) is 2.30. The fourth-order valence-electron chi connectivity index (χ4n) is 2.11. The van der Waals surface area contributed by atoms with E-state index < -0.39 is 5.41 Å². The molecule has 1 aromatic rings. The second kappa shape index (κ2) is 6.67. The number of nitrogens with one attached hydrogen (secondary N) is 1. The van der Waals surface area contributed by atoms with Gasteiger partial charge < -0.3 is 15.0 Å². The molecule has 0 radical (unpaired) electrons. The second-order valence-corrected chi connectivity index (χ2v) is 6.81. The lowest BCUT2D eigenvalue weighted by Crippen LogP contribution is -2.51. The van der Waals surface area contributed by atoms with Crippen LogP contribution in [0.1, 0.15) is 20.8 Å². The van der Waals surface area contributed by atoms with Gasteiger partial charge in [-0.3, -0.25) is 9.59 Å². The topological polar surface area (TPSA) is 58.6 Å². The van der Waals surface area contributed by atoms with E-state index in [0.717, 1.165) is 5.69 Å². The first-order chi connectivity index (χ1) is 10.3.